The Hall–Kier alpha value is -5.46. The van der Waals surface area contributed by atoms with Crippen molar-refractivity contribution in [1.82, 2.24) is 19.5 Å². The first-order valence-electron chi connectivity index (χ1n) is 23.0. The van der Waals surface area contributed by atoms with Crippen LogP contribution in [0.3, 0.4) is 0 Å². The molecule has 9 rings (SSSR count). The minimum absolute atomic E-state index is 0. The molecule has 0 fully saturated rings. The molecule has 4 aromatic heterocycles. The van der Waals surface area contributed by atoms with Gasteiger partial charge < -0.3 is 14.0 Å². The molecule has 7 heteroatoms. The van der Waals surface area contributed by atoms with Gasteiger partial charge in [-0.25, -0.2) is 4.98 Å². The number of benzene rings is 5. The van der Waals surface area contributed by atoms with Gasteiger partial charge in [0.05, 0.1) is 30.5 Å². The van der Waals surface area contributed by atoms with Gasteiger partial charge >= 0.3 is 0 Å². The molecule has 335 valence electrons. The summed E-state index contributed by atoms with van der Waals surface area (Å²) in [5.41, 5.74) is 15.3. The summed E-state index contributed by atoms with van der Waals surface area (Å²) in [4.78, 5) is 14.7. The Bertz CT molecular complexity index is 3060. The summed E-state index contributed by atoms with van der Waals surface area (Å²) in [5.74, 6) is 1.92. The van der Waals surface area contributed by atoms with Crippen LogP contribution in [0.2, 0.25) is 19.6 Å². The Morgan fingerprint density at radius 1 is 0.708 bits per heavy atom. The van der Waals surface area contributed by atoms with Crippen molar-refractivity contribution < 1.29 is 24.5 Å². The summed E-state index contributed by atoms with van der Waals surface area (Å²) >= 11 is 0. The van der Waals surface area contributed by atoms with Crippen LogP contribution >= 0.6 is 0 Å². The van der Waals surface area contributed by atoms with Crippen LogP contribution < -0.4 is 5.19 Å². The number of para-hydroxylation sites is 2. The Morgan fingerprint density at radius 3 is 2.03 bits per heavy atom. The standard InChI is InChI=1S/C37H32N3O.C21H30NSi.Ir/c1-22(2)30-20-26(25-12-7-6-8-13-25)21-31(23(3)4)34(30)40-33-17-10-9-16-32(33)39-36(40)29-15-11-14-27-28-19-18-24(5)38-37(28)41-35(27)29;1-8-21(3,4)16(2)18-14-19(17-12-10-9-11-13-17)22-15-20(18)23(5,6)7;/h6-14,16-23H,1-5H3;9-12,14-16H,8H2,1-7H3;/q2*-1;. The Balaban J connectivity index is 0.000000225. The Kier molecular flexibility index (Phi) is 14.0. The van der Waals surface area contributed by atoms with Crippen molar-refractivity contribution in [2.45, 2.75) is 106 Å². The molecule has 0 aliphatic carbocycles. The molecule has 0 spiro atoms. The number of hydrogen-bond donors (Lipinski definition) is 0. The van der Waals surface area contributed by atoms with Gasteiger partial charge in [0.2, 0.25) is 5.71 Å². The van der Waals surface area contributed by atoms with Crippen molar-refractivity contribution in [3.8, 4) is 39.5 Å². The van der Waals surface area contributed by atoms with Gasteiger partial charge in [-0.15, -0.1) is 54.1 Å². The molecule has 0 saturated heterocycles. The molecule has 0 aliphatic rings. The number of rotatable bonds is 10. The van der Waals surface area contributed by atoms with Crippen LogP contribution in [0.25, 0.3) is 72.6 Å². The maximum atomic E-state index is 6.44. The summed E-state index contributed by atoms with van der Waals surface area (Å²) in [7, 11) is -1.43. The largest absolute Gasteiger partial charge is 0.486 e. The van der Waals surface area contributed by atoms with Gasteiger partial charge in [-0.3, -0.25) is 4.98 Å². The average molecular weight is 1050 g/mol. The smallest absolute Gasteiger partial charge is 0.216 e. The molecule has 0 bridgehead atoms. The van der Waals surface area contributed by atoms with Crippen LogP contribution in [0.5, 0.6) is 0 Å². The van der Waals surface area contributed by atoms with Crippen molar-refractivity contribution in [2.24, 2.45) is 5.41 Å². The zero-order valence-corrected chi connectivity index (χ0v) is 43.5. The molecule has 1 atom stereocenters. The van der Waals surface area contributed by atoms with E-state index < -0.39 is 8.07 Å². The minimum atomic E-state index is -1.43. The first kappa shape index (κ1) is 47.5. The number of hydrogen-bond acceptors (Lipinski definition) is 4. The first-order chi connectivity index (χ1) is 30.6. The second kappa shape index (κ2) is 19.2. The third-order valence-corrected chi connectivity index (χ3v) is 15.3. The topological polar surface area (TPSA) is 56.7 Å². The molecule has 0 aliphatic heterocycles. The van der Waals surface area contributed by atoms with Crippen molar-refractivity contribution in [3.05, 3.63) is 162 Å². The third kappa shape index (κ3) is 9.47. The predicted molar refractivity (Wildman–Crippen MR) is 273 cm³/mol. The Labute approximate surface area is 401 Å². The summed E-state index contributed by atoms with van der Waals surface area (Å²) in [6.45, 7) is 27.7. The molecular formula is C58H62IrN4OSi-2. The summed E-state index contributed by atoms with van der Waals surface area (Å²) < 4.78 is 8.78. The number of fused-ring (bicyclic) bond motifs is 4. The monoisotopic (exact) mass is 1050 g/mol. The van der Waals surface area contributed by atoms with Crippen LogP contribution in [0.15, 0.2) is 132 Å². The quantitative estimate of drug-likeness (QED) is 0.101. The fourth-order valence-electron chi connectivity index (χ4n) is 8.80. The van der Waals surface area contributed by atoms with Crippen molar-refractivity contribution in [3.63, 3.8) is 0 Å². The molecule has 4 heterocycles. The molecule has 0 N–H and O–H groups in total. The molecule has 65 heavy (non-hydrogen) atoms. The Morgan fingerprint density at radius 2 is 1.38 bits per heavy atom. The van der Waals surface area contributed by atoms with Gasteiger partial charge in [0.1, 0.15) is 0 Å². The average Bonchev–Trinajstić information content (AvgIpc) is 3.86. The number of pyridine rings is 2. The summed E-state index contributed by atoms with van der Waals surface area (Å²) in [5, 5.41) is 3.51. The molecule has 0 amide bonds. The molecular weight excluding hydrogens is 989 g/mol. The van der Waals surface area contributed by atoms with Gasteiger partial charge in [0.15, 0.2) is 0 Å². The second-order valence-electron chi connectivity index (χ2n) is 19.7. The molecule has 9 aromatic rings. The van der Waals surface area contributed by atoms with Crippen LogP contribution in [-0.2, 0) is 20.1 Å². The van der Waals surface area contributed by atoms with Gasteiger partial charge in [0, 0.05) is 43.1 Å². The molecule has 1 unspecified atom stereocenters. The van der Waals surface area contributed by atoms with Gasteiger partial charge in [-0.1, -0.05) is 146 Å². The van der Waals surface area contributed by atoms with Crippen LogP contribution in [-0.4, -0.2) is 27.6 Å². The summed E-state index contributed by atoms with van der Waals surface area (Å²) in [6, 6.07) is 49.2. The van der Waals surface area contributed by atoms with Crippen LogP contribution in [0, 0.1) is 24.5 Å². The van der Waals surface area contributed by atoms with Gasteiger partial charge in [0.25, 0.3) is 0 Å². The SMILES string of the molecule is CCC(C)(C)C(C)c1cc(-c2[c-]cccc2)ncc1[Si](C)(C)C.Cc1ccc2c(n1)oc1c(-c3nc4ccccc4n3-c3c(C(C)C)cc(-c4ccccc4)cc3C(C)C)[c-]ccc12.[Ir]. The van der Waals surface area contributed by atoms with E-state index in [0.717, 1.165) is 55.7 Å². The van der Waals surface area contributed by atoms with Crippen LogP contribution in [0.1, 0.15) is 102 Å². The van der Waals surface area contributed by atoms with E-state index in [9.17, 15) is 0 Å². The van der Waals surface area contributed by atoms with E-state index in [4.69, 9.17) is 14.4 Å². The van der Waals surface area contributed by atoms with Crippen molar-refractivity contribution in [2.75, 3.05) is 0 Å². The zero-order valence-electron chi connectivity index (χ0n) is 40.1. The number of furan rings is 1. The van der Waals surface area contributed by atoms with Crippen molar-refractivity contribution in [1.29, 1.82) is 0 Å². The number of aromatic nitrogens is 4. The third-order valence-electron chi connectivity index (χ3n) is 13.2. The maximum absolute atomic E-state index is 6.44. The molecule has 5 nitrogen and oxygen atoms in total. The molecule has 0 saturated carbocycles. The minimum Gasteiger partial charge on any atom is -0.486 e. The van der Waals surface area contributed by atoms with E-state index in [1.807, 2.05) is 37.3 Å². The van der Waals surface area contributed by atoms with E-state index in [1.54, 1.807) is 0 Å². The first-order valence-corrected chi connectivity index (χ1v) is 26.5. The van der Waals surface area contributed by atoms with Gasteiger partial charge in [-0.05, 0) is 99.6 Å². The van der Waals surface area contributed by atoms with E-state index in [2.05, 4.69) is 194 Å². The van der Waals surface area contributed by atoms with E-state index in [0.29, 0.717) is 23.5 Å². The summed E-state index contributed by atoms with van der Waals surface area (Å²) in [6.07, 6.45) is 3.31. The number of aryl methyl sites for hydroxylation is 1. The van der Waals surface area contributed by atoms with E-state index in [1.165, 1.54) is 45.1 Å². The van der Waals surface area contributed by atoms with Gasteiger partial charge in [-0.2, -0.15) is 0 Å². The number of imidazole rings is 1. The van der Waals surface area contributed by atoms with Crippen LogP contribution in [0.4, 0.5) is 0 Å². The fourth-order valence-corrected chi connectivity index (χ4v) is 10.4. The normalized spacial score (nSPS) is 12.5. The number of nitrogens with zero attached hydrogens (tertiary/aromatic N) is 4. The predicted octanol–water partition coefficient (Wildman–Crippen LogP) is 15.6. The second-order valence-corrected chi connectivity index (χ2v) is 24.7. The molecule has 1 radical (unpaired) electrons. The maximum Gasteiger partial charge on any atom is 0.216 e. The molecule has 5 aromatic carbocycles. The van der Waals surface area contributed by atoms with E-state index >= 15 is 0 Å². The van der Waals surface area contributed by atoms with Crippen molar-refractivity contribution >= 4 is 46.4 Å². The zero-order chi connectivity index (χ0) is 45.5. The van der Waals surface area contributed by atoms with E-state index in [-0.39, 0.29) is 25.5 Å². The fraction of sp³-hybridized carbons (Fsp3) is 0.293.